The van der Waals surface area contributed by atoms with Crippen LogP contribution >= 0.6 is 15.9 Å². The second-order valence-electron chi connectivity index (χ2n) is 0.856. The lowest BCUT2D eigenvalue weighted by Crippen LogP contribution is -1.91. The average molecular weight is 167 g/mol. The number of halogens is 1. The van der Waals surface area contributed by atoms with Gasteiger partial charge in [0.2, 0.25) is 0 Å². The fourth-order valence-electron chi connectivity index (χ4n) is 0.157. The third kappa shape index (κ3) is 5.98. The van der Waals surface area contributed by atoms with Gasteiger partial charge in [-0.25, -0.2) is 0 Å². The maximum absolute atomic E-state index is 8.12. The van der Waals surface area contributed by atoms with Crippen molar-refractivity contribution in [3.8, 4) is 0 Å². The Morgan fingerprint density at radius 2 is 2.43 bits per heavy atom. The molecule has 0 unspecified atom stereocenters. The number of aliphatic hydroxyl groups is 1. The van der Waals surface area contributed by atoms with Gasteiger partial charge in [0, 0.05) is 4.99 Å². The lowest BCUT2D eigenvalue weighted by molar-refractivity contribution is 0.166. The van der Waals surface area contributed by atoms with E-state index in [1.165, 1.54) is 6.26 Å². The van der Waals surface area contributed by atoms with E-state index in [0.717, 1.165) is 0 Å². The average Bonchev–Trinajstić information content (AvgIpc) is 1.69. The van der Waals surface area contributed by atoms with Gasteiger partial charge in [0.1, 0.15) is 6.61 Å². The molecule has 0 aliphatic rings. The largest absolute Gasteiger partial charge is 0.498 e. The summed E-state index contributed by atoms with van der Waals surface area (Å²) in [6.07, 6.45) is 1.47. The van der Waals surface area contributed by atoms with Crippen LogP contribution in [0.3, 0.4) is 0 Å². The van der Waals surface area contributed by atoms with Crippen molar-refractivity contribution in [3.05, 3.63) is 11.2 Å². The molecule has 0 heterocycles. The van der Waals surface area contributed by atoms with Crippen molar-refractivity contribution < 1.29 is 9.84 Å². The Kier molecular flexibility index (Phi) is 5.96. The van der Waals surface area contributed by atoms with E-state index in [1.54, 1.807) is 4.99 Å². The van der Waals surface area contributed by atoms with Crippen LogP contribution in [0.2, 0.25) is 0 Å². The Hall–Kier alpha value is -0.0200. The second-order valence-corrected chi connectivity index (χ2v) is 1.39. The number of ether oxygens (including phenoxy) is 1. The van der Waals surface area contributed by atoms with E-state index in [4.69, 9.17) is 5.11 Å². The minimum atomic E-state index is 0.0668. The molecule has 0 saturated heterocycles. The van der Waals surface area contributed by atoms with Gasteiger partial charge in [-0.15, -0.1) is 0 Å². The molecule has 0 rings (SSSR count). The summed E-state index contributed by atoms with van der Waals surface area (Å²) in [5.41, 5.74) is 0. The molecule has 0 spiro atoms. The van der Waals surface area contributed by atoms with E-state index in [1.807, 2.05) is 0 Å². The van der Waals surface area contributed by atoms with Gasteiger partial charge in [-0.3, -0.25) is 0 Å². The number of hydrogen-bond acceptors (Lipinski definition) is 2. The first kappa shape index (κ1) is 6.98. The van der Waals surface area contributed by atoms with Crippen LogP contribution in [0.4, 0.5) is 0 Å². The minimum Gasteiger partial charge on any atom is -0.498 e. The molecule has 0 aliphatic carbocycles. The topological polar surface area (TPSA) is 29.5 Å². The van der Waals surface area contributed by atoms with E-state index < -0.39 is 0 Å². The van der Waals surface area contributed by atoms with Gasteiger partial charge in [0.05, 0.1) is 12.9 Å². The minimum absolute atomic E-state index is 0.0668. The number of aliphatic hydroxyl groups excluding tert-OH is 1. The molecule has 0 atom stereocenters. The first-order valence-electron chi connectivity index (χ1n) is 1.89. The molecule has 0 aromatic carbocycles. The molecular weight excluding hydrogens is 160 g/mol. The molecule has 0 amide bonds. The zero-order chi connectivity index (χ0) is 5.54. The quantitative estimate of drug-likeness (QED) is 0.499. The highest BCUT2D eigenvalue weighted by Gasteiger charge is 1.71. The smallest absolute Gasteiger partial charge is 0.110 e. The highest BCUT2D eigenvalue weighted by molar-refractivity contribution is 9.11. The Labute approximate surface area is 50.9 Å². The van der Waals surface area contributed by atoms with Crippen LogP contribution in [0.25, 0.3) is 0 Å². The lowest BCUT2D eigenvalue weighted by Gasteiger charge is -1.90. The van der Waals surface area contributed by atoms with Crippen molar-refractivity contribution in [2.75, 3.05) is 13.2 Å². The summed E-state index contributed by atoms with van der Waals surface area (Å²) in [4.78, 5) is 1.59. The van der Waals surface area contributed by atoms with Crippen molar-refractivity contribution in [2.24, 2.45) is 0 Å². The lowest BCUT2D eigenvalue weighted by atomic mass is 10.8. The van der Waals surface area contributed by atoms with Crippen LogP contribution in [0.15, 0.2) is 11.2 Å². The molecule has 1 N–H and O–H groups in total. The zero-order valence-corrected chi connectivity index (χ0v) is 5.39. The van der Waals surface area contributed by atoms with Gasteiger partial charge < -0.3 is 9.84 Å². The first-order valence-corrected chi connectivity index (χ1v) is 2.81. The normalized spacial score (nSPS) is 10.0. The van der Waals surface area contributed by atoms with E-state index >= 15 is 0 Å². The fourth-order valence-corrected chi connectivity index (χ4v) is 0.310. The molecule has 42 valence electrons. The summed E-state index contributed by atoms with van der Waals surface area (Å²) < 4.78 is 4.65. The molecule has 3 heteroatoms. The predicted octanol–water partition coefficient (Wildman–Crippen LogP) is 0.861. The van der Waals surface area contributed by atoms with Gasteiger partial charge in [-0.1, -0.05) is 15.9 Å². The Morgan fingerprint density at radius 3 is 2.86 bits per heavy atom. The van der Waals surface area contributed by atoms with Crippen molar-refractivity contribution in [3.63, 3.8) is 0 Å². The Morgan fingerprint density at radius 1 is 1.71 bits per heavy atom. The van der Waals surface area contributed by atoms with Crippen molar-refractivity contribution in [1.82, 2.24) is 0 Å². The Balaban J connectivity index is 2.69. The molecule has 0 aliphatic heterocycles. The van der Waals surface area contributed by atoms with Crippen molar-refractivity contribution in [2.45, 2.75) is 0 Å². The van der Waals surface area contributed by atoms with Gasteiger partial charge in [0.25, 0.3) is 0 Å². The van der Waals surface area contributed by atoms with Gasteiger partial charge in [-0.2, -0.15) is 0 Å². The molecule has 0 saturated carbocycles. The van der Waals surface area contributed by atoms with Crippen LogP contribution in [0.5, 0.6) is 0 Å². The second kappa shape index (κ2) is 5.98. The van der Waals surface area contributed by atoms with E-state index in [9.17, 15) is 0 Å². The summed E-state index contributed by atoms with van der Waals surface area (Å²) in [6.45, 7) is 0.430. The predicted molar refractivity (Wildman–Crippen MR) is 31.1 cm³/mol. The Bertz CT molecular complexity index is 53.7. The van der Waals surface area contributed by atoms with Crippen molar-refractivity contribution in [1.29, 1.82) is 0 Å². The molecule has 0 aromatic rings. The standard InChI is InChI=1S/C4H7BrO2/c5-1-3-7-4-2-6/h1,3,6H,2,4H2. The zero-order valence-electron chi connectivity index (χ0n) is 3.80. The maximum atomic E-state index is 8.12. The summed E-state index contributed by atoms with van der Waals surface area (Å²) >= 11 is 2.99. The van der Waals surface area contributed by atoms with E-state index in [0.29, 0.717) is 6.61 Å². The SMILES string of the molecule is OCCOC=CBr. The summed E-state index contributed by atoms with van der Waals surface area (Å²) in [6, 6.07) is 0. The van der Waals surface area contributed by atoms with Crippen LogP contribution in [0, 0.1) is 0 Å². The van der Waals surface area contributed by atoms with Crippen molar-refractivity contribution >= 4 is 15.9 Å². The number of rotatable bonds is 3. The van der Waals surface area contributed by atoms with E-state index in [2.05, 4.69) is 20.7 Å². The van der Waals surface area contributed by atoms with Crippen LogP contribution < -0.4 is 0 Å². The van der Waals surface area contributed by atoms with Crippen LogP contribution in [-0.2, 0) is 4.74 Å². The molecule has 2 nitrogen and oxygen atoms in total. The van der Waals surface area contributed by atoms with E-state index in [-0.39, 0.29) is 6.61 Å². The monoisotopic (exact) mass is 166 g/mol. The fraction of sp³-hybridized carbons (Fsp3) is 0.500. The van der Waals surface area contributed by atoms with Crippen LogP contribution in [-0.4, -0.2) is 18.3 Å². The number of hydrogen-bond donors (Lipinski definition) is 1. The molecule has 0 bridgehead atoms. The first-order chi connectivity index (χ1) is 3.41. The summed E-state index contributed by atoms with van der Waals surface area (Å²) in [7, 11) is 0. The molecule has 0 radical (unpaired) electrons. The van der Waals surface area contributed by atoms with Gasteiger partial charge in [0.15, 0.2) is 0 Å². The molecule has 0 aromatic heterocycles. The highest BCUT2D eigenvalue weighted by Crippen LogP contribution is 1.82. The van der Waals surface area contributed by atoms with Gasteiger partial charge in [-0.05, 0) is 0 Å². The van der Waals surface area contributed by atoms with Gasteiger partial charge >= 0.3 is 0 Å². The molecule has 7 heavy (non-hydrogen) atoms. The third-order valence-corrected chi connectivity index (χ3v) is 0.573. The molecular formula is C4H7BrO2. The summed E-state index contributed by atoms with van der Waals surface area (Å²) in [5.74, 6) is 0. The molecule has 0 fully saturated rings. The highest BCUT2D eigenvalue weighted by atomic mass is 79.9. The maximum Gasteiger partial charge on any atom is 0.110 e. The third-order valence-electron chi connectivity index (χ3n) is 0.357. The van der Waals surface area contributed by atoms with Crippen LogP contribution in [0.1, 0.15) is 0 Å². The summed E-state index contributed by atoms with van der Waals surface area (Å²) in [5, 5.41) is 8.12.